The zero-order valence-corrected chi connectivity index (χ0v) is 13.4. The fourth-order valence-corrected chi connectivity index (χ4v) is 2.62. The van der Waals surface area contributed by atoms with Gasteiger partial charge in [-0.15, -0.1) is 0 Å². The number of aryl methyl sites for hydroxylation is 2. The van der Waals surface area contributed by atoms with Crippen molar-refractivity contribution < 1.29 is 0 Å². The normalized spacial score (nSPS) is 11.0. The molecule has 0 amide bonds. The summed E-state index contributed by atoms with van der Waals surface area (Å²) in [6.07, 6.45) is 1.17. The van der Waals surface area contributed by atoms with Gasteiger partial charge in [0.1, 0.15) is 0 Å². The Kier molecular flexibility index (Phi) is 5.40. The van der Waals surface area contributed by atoms with Gasteiger partial charge in [0.05, 0.1) is 0 Å². The van der Waals surface area contributed by atoms with Gasteiger partial charge in [-0.25, -0.2) is 0 Å². The molecule has 0 unspecified atom stereocenters. The maximum atomic E-state index is 5.76. The Bertz CT molecular complexity index is 573. The molecule has 2 nitrogen and oxygen atoms in total. The van der Waals surface area contributed by atoms with Crippen LogP contribution in [0.1, 0.15) is 35.6 Å². The van der Waals surface area contributed by atoms with Gasteiger partial charge in [0.15, 0.2) is 0 Å². The standard InChI is InChI=1S/C19H26N2/c1-4-11-21(13-17-7-9-19(20)10-8-17)14-18-12-15(2)5-6-16(18)3/h5-10,12H,4,11,13-14,20H2,1-3H3. The van der Waals surface area contributed by atoms with Gasteiger partial charge >= 0.3 is 0 Å². The van der Waals surface area contributed by atoms with Crippen molar-refractivity contribution in [3.63, 3.8) is 0 Å². The van der Waals surface area contributed by atoms with Crippen LogP contribution in [0, 0.1) is 13.8 Å². The van der Waals surface area contributed by atoms with E-state index in [1.165, 1.54) is 28.7 Å². The Balaban J connectivity index is 2.11. The molecule has 0 bridgehead atoms. The van der Waals surface area contributed by atoms with E-state index in [0.717, 1.165) is 25.3 Å². The summed E-state index contributed by atoms with van der Waals surface area (Å²) in [4.78, 5) is 2.51. The lowest BCUT2D eigenvalue weighted by Gasteiger charge is -2.23. The summed E-state index contributed by atoms with van der Waals surface area (Å²) in [5.74, 6) is 0. The van der Waals surface area contributed by atoms with E-state index in [-0.39, 0.29) is 0 Å². The highest BCUT2D eigenvalue weighted by Gasteiger charge is 2.08. The van der Waals surface area contributed by atoms with Crippen molar-refractivity contribution in [2.45, 2.75) is 40.3 Å². The third-order valence-corrected chi connectivity index (χ3v) is 3.82. The highest BCUT2D eigenvalue weighted by atomic mass is 15.1. The fourth-order valence-electron chi connectivity index (χ4n) is 2.62. The summed E-state index contributed by atoms with van der Waals surface area (Å²) in [5, 5.41) is 0. The number of rotatable bonds is 6. The van der Waals surface area contributed by atoms with E-state index in [0.29, 0.717) is 0 Å². The van der Waals surface area contributed by atoms with Crippen LogP contribution in [0.4, 0.5) is 5.69 Å². The van der Waals surface area contributed by atoms with Gasteiger partial charge in [0.25, 0.3) is 0 Å². The third-order valence-electron chi connectivity index (χ3n) is 3.82. The summed E-state index contributed by atoms with van der Waals surface area (Å²) < 4.78 is 0. The van der Waals surface area contributed by atoms with Crippen molar-refractivity contribution in [1.82, 2.24) is 4.90 Å². The molecule has 0 aromatic heterocycles. The van der Waals surface area contributed by atoms with Crippen molar-refractivity contribution in [2.24, 2.45) is 0 Å². The van der Waals surface area contributed by atoms with E-state index in [9.17, 15) is 0 Å². The Morgan fingerprint density at radius 3 is 2.33 bits per heavy atom. The Labute approximate surface area is 128 Å². The van der Waals surface area contributed by atoms with Crippen molar-refractivity contribution in [3.8, 4) is 0 Å². The predicted molar refractivity (Wildman–Crippen MR) is 91.2 cm³/mol. The van der Waals surface area contributed by atoms with E-state index < -0.39 is 0 Å². The molecular weight excluding hydrogens is 256 g/mol. The second-order valence-corrected chi connectivity index (χ2v) is 5.88. The van der Waals surface area contributed by atoms with Gasteiger partial charge < -0.3 is 5.73 Å². The first-order valence-electron chi connectivity index (χ1n) is 7.71. The largest absolute Gasteiger partial charge is 0.399 e. The number of nitrogens with two attached hydrogens (primary N) is 1. The van der Waals surface area contributed by atoms with Gasteiger partial charge in [0, 0.05) is 18.8 Å². The lowest BCUT2D eigenvalue weighted by molar-refractivity contribution is 0.257. The molecule has 2 aromatic carbocycles. The molecule has 0 atom stereocenters. The molecule has 0 radical (unpaired) electrons. The van der Waals surface area contributed by atoms with Gasteiger partial charge in [-0.1, -0.05) is 42.8 Å². The maximum absolute atomic E-state index is 5.76. The van der Waals surface area contributed by atoms with E-state index in [1.807, 2.05) is 12.1 Å². The first-order valence-corrected chi connectivity index (χ1v) is 7.71. The van der Waals surface area contributed by atoms with Crippen molar-refractivity contribution in [3.05, 3.63) is 64.7 Å². The second-order valence-electron chi connectivity index (χ2n) is 5.88. The summed E-state index contributed by atoms with van der Waals surface area (Å²) in [7, 11) is 0. The minimum absolute atomic E-state index is 0.829. The summed E-state index contributed by atoms with van der Waals surface area (Å²) in [6, 6.07) is 14.9. The Morgan fingerprint density at radius 2 is 1.67 bits per heavy atom. The number of hydrogen-bond acceptors (Lipinski definition) is 2. The fraction of sp³-hybridized carbons (Fsp3) is 0.368. The van der Waals surface area contributed by atoms with Gasteiger partial charge in [0.2, 0.25) is 0 Å². The van der Waals surface area contributed by atoms with Crippen LogP contribution in [0.3, 0.4) is 0 Å². The maximum Gasteiger partial charge on any atom is 0.0314 e. The molecule has 0 aliphatic heterocycles. The van der Waals surface area contributed by atoms with Crippen LogP contribution in [0.15, 0.2) is 42.5 Å². The lowest BCUT2D eigenvalue weighted by atomic mass is 10.0. The number of anilines is 1. The number of nitrogen functional groups attached to an aromatic ring is 1. The number of nitrogens with zero attached hydrogens (tertiary/aromatic N) is 1. The molecule has 0 aliphatic carbocycles. The van der Waals surface area contributed by atoms with E-state index in [4.69, 9.17) is 5.73 Å². The molecule has 2 N–H and O–H groups in total. The van der Waals surface area contributed by atoms with Crippen LogP contribution < -0.4 is 5.73 Å². The van der Waals surface area contributed by atoms with Crippen LogP contribution in [-0.4, -0.2) is 11.4 Å². The smallest absolute Gasteiger partial charge is 0.0314 e. The van der Waals surface area contributed by atoms with E-state index >= 15 is 0 Å². The molecule has 0 fully saturated rings. The third kappa shape index (κ3) is 4.61. The number of hydrogen-bond donors (Lipinski definition) is 1. The average Bonchev–Trinajstić information content (AvgIpc) is 2.45. The van der Waals surface area contributed by atoms with Crippen LogP contribution in [0.5, 0.6) is 0 Å². The van der Waals surface area contributed by atoms with Gasteiger partial charge in [-0.2, -0.15) is 0 Å². The molecule has 0 saturated heterocycles. The topological polar surface area (TPSA) is 29.3 Å². The van der Waals surface area contributed by atoms with Gasteiger partial charge in [-0.05, 0) is 55.6 Å². The van der Waals surface area contributed by atoms with Crippen LogP contribution in [0.25, 0.3) is 0 Å². The first kappa shape index (κ1) is 15.6. The van der Waals surface area contributed by atoms with Crippen LogP contribution in [-0.2, 0) is 13.1 Å². The molecule has 2 rings (SSSR count). The molecule has 0 spiro atoms. The number of benzene rings is 2. The molecule has 0 heterocycles. The lowest BCUT2D eigenvalue weighted by Crippen LogP contribution is -2.24. The minimum atomic E-state index is 0.829. The van der Waals surface area contributed by atoms with Crippen molar-refractivity contribution in [2.75, 3.05) is 12.3 Å². The SMILES string of the molecule is CCCN(Cc1ccc(N)cc1)Cc1cc(C)ccc1C. The molecule has 0 aliphatic rings. The zero-order chi connectivity index (χ0) is 15.2. The Morgan fingerprint density at radius 1 is 0.952 bits per heavy atom. The predicted octanol–water partition coefficient (Wildman–Crippen LogP) is 4.30. The monoisotopic (exact) mass is 282 g/mol. The molecule has 2 aromatic rings. The Hall–Kier alpha value is -1.80. The molecule has 21 heavy (non-hydrogen) atoms. The highest BCUT2D eigenvalue weighted by Crippen LogP contribution is 2.16. The van der Waals surface area contributed by atoms with Crippen molar-refractivity contribution in [1.29, 1.82) is 0 Å². The summed E-state index contributed by atoms with van der Waals surface area (Å²) in [5.41, 5.74) is 12.1. The summed E-state index contributed by atoms with van der Waals surface area (Å²) in [6.45, 7) is 9.68. The van der Waals surface area contributed by atoms with E-state index in [1.54, 1.807) is 0 Å². The average molecular weight is 282 g/mol. The van der Waals surface area contributed by atoms with E-state index in [2.05, 4.69) is 56.0 Å². The second kappa shape index (κ2) is 7.28. The molecule has 2 heteroatoms. The quantitative estimate of drug-likeness (QED) is 0.800. The van der Waals surface area contributed by atoms with Crippen LogP contribution >= 0.6 is 0 Å². The summed E-state index contributed by atoms with van der Waals surface area (Å²) >= 11 is 0. The minimum Gasteiger partial charge on any atom is -0.399 e. The zero-order valence-electron chi connectivity index (χ0n) is 13.4. The highest BCUT2D eigenvalue weighted by molar-refractivity contribution is 5.39. The van der Waals surface area contributed by atoms with Crippen molar-refractivity contribution >= 4 is 5.69 Å². The van der Waals surface area contributed by atoms with Crippen LogP contribution in [0.2, 0.25) is 0 Å². The molecule has 112 valence electrons. The van der Waals surface area contributed by atoms with Gasteiger partial charge in [-0.3, -0.25) is 4.90 Å². The first-order chi connectivity index (χ1) is 10.1. The molecule has 0 saturated carbocycles. The molecular formula is C19H26N2.